The zero-order valence-corrected chi connectivity index (χ0v) is 12.6. The number of nitrogens with zero attached hydrogens (tertiary/aromatic N) is 3. The molecule has 0 bridgehead atoms. The minimum atomic E-state index is 0.306. The Labute approximate surface area is 130 Å². The lowest BCUT2D eigenvalue weighted by atomic mass is 10.1. The van der Waals surface area contributed by atoms with Crippen LogP contribution in [0.3, 0.4) is 0 Å². The van der Waals surface area contributed by atoms with Gasteiger partial charge in [0.2, 0.25) is 5.88 Å². The first kappa shape index (κ1) is 15.5. The van der Waals surface area contributed by atoms with E-state index in [9.17, 15) is 0 Å². The molecule has 0 amide bonds. The topological polar surface area (TPSA) is 56.6 Å². The highest BCUT2D eigenvalue weighted by Crippen LogP contribution is 2.22. The van der Waals surface area contributed by atoms with Crippen molar-refractivity contribution in [2.24, 2.45) is 5.16 Å². The SMILES string of the molecule is CC#CCOc1cc(-c2ccccc2C=NOCC)ncn1. The summed E-state index contributed by atoms with van der Waals surface area (Å²) in [5.41, 5.74) is 2.60. The smallest absolute Gasteiger partial charge is 0.217 e. The summed E-state index contributed by atoms with van der Waals surface area (Å²) in [6.07, 6.45) is 3.14. The molecule has 1 aromatic carbocycles. The molecule has 0 aliphatic heterocycles. The predicted molar refractivity (Wildman–Crippen MR) is 85.6 cm³/mol. The summed E-state index contributed by atoms with van der Waals surface area (Å²) < 4.78 is 5.46. The third-order valence-electron chi connectivity index (χ3n) is 2.74. The average Bonchev–Trinajstić information content (AvgIpc) is 2.56. The summed E-state index contributed by atoms with van der Waals surface area (Å²) >= 11 is 0. The Balaban J connectivity index is 2.27. The molecule has 0 N–H and O–H groups in total. The van der Waals surface area contributed by atoms with E-state index in [2.05, 4.69) is 27.0 Å². The zero-order valence-electron chi connectivity index (χ0n) is 12.6. The van der Waals surface area contributed by atoms with Crippen LogP contribution in [0, 0.1) is 11.8 Å². The molecule has 1 aromatic heterocycles. The number of hydrogen-bond donors (Lipinski definition) is 0. The van der Waals surface area contributed by atoms with Crippen LogP contribution in [0.25, 0.3) is 11.3 Å². The predicted octanol–water partition coefficient (Wildman–Crippen LogP) is 2.92. The van der Waals surface area contributed by atoms with E-state index in [4.69, 9.17) is 9.57 Å². The van der Waals surface area contributed by atoms with Crippen LogP contribution in [0.2, 0.25) is 0 Å². The second-order valence-corrected chi connectivity index (χ2v) is 4.20. The molecule has 5 heteroatoms. The van der Waals surface area contributed by atoms with Crippen molar-refractivity contribution in [3.05, 3.63) is 42.2 Å². The molecule has 0 saturated heterocycles. The highest BCUT2D eigenvalue weighted by Gasteiger charge is 2.06. The van der Waals surface area contributed by atoms with E-state index in [1.807, 2.05) is 31.2 Å². The van der Waals surface area contributed by atoms with Gasteiger partial charge < -0.3 is 9.57 Å². The highest BCUT2D eigenvalue weighted by atomic mass is 16.6. The fourth-order valence-corrected chi connectivity index (χ4v) is 1.76. The summed E-state index contributed by atoms with van der Waals surface area (Å²) in [7, 11) is 0. The minimum Gasteiger partial charge on any atom is -0.464 e. The highest BCUT2D eigenvalue weighted by molar-refractivity contribution is 5.89. The van der Waals surface area contributed by atoms with Crippen molar-refractivity contribution in [1.82, 2.24) is 9.97 Å². The van der Waals surface area contributed by atoms with E-state index in [0.29, 0.717) is 19.1 Å². The molecule has 0 saturated carbocycles. The van der Waals surface area contributed by atoms with Gasteiger partial charge in [-0.3, -0.25) is 0 Å². The van der Waals surface area contributed by atoms with Gasteiger partial charge in [-0.1, -0.05) is 35.3 Å². The number of benzene rings is 1. The Bertz CT molecular complexity index is 702. The largest absolute Gasteiger partial charge is 0.464 e. The summed E-state index contributed by atoms with van der Waals surface area (Å²) in [4.78, 5) is 13.4. The summed E-state index contributed by atoms with van der Waals surface area (Å²) in [5, 5.41) is 3.91. The minimum absolute atomic E-state index is 0.306. The fourth-order valence-electron chi connectivity index (χ4n) is 1.76. The Kier molecular flexibility index (Phi) is 5.94. The first-order valence-corrected chi connectivity index (χ1v) is 6.94. The molecule has 0 fully saturated rings. The van der Waals surface area contributed by atoms with Crippen LogP contribution in [0.4, 0.5) is 0 Å². The number of rotatable bonds is 6. The maximum absolute atomic E-state index is 5.46. The maximum atomic E-state index is 5.46. The average molecular weight is 295 g/mol. The molecule has 0 radical (unpaired) electrons. The Morgan fingerprint density at radius 3 is 2.95 bits per heavy atom. The van der Waals surface area contributed by atoms with Crippen molar-refractivity contribution >= 4 is 6.21 Å². The Morgan fingerprint density at radius 1 is 1.27 bits per heavy atom. The van der Waals surface area contributed by atoms with Crippen LogP contribution in [0.5, 0.6) is 5.88 Å². The van der Waals surface area contributed by atoms with Crippen LogP contribution in [0.1, 0.15) is 19.4 Å². The van der Waals surface area contributed by atoms with E-state index >= 15 is 0 Å². The van der Waals surface area contributed by atoms with Gasteiger partial charge in [-0.25, -0.2) is 9.97 Å². The quantitative estimate of drug-likeness (QED) is 0.467. The number of ether oxygens (including phenoxy) is 1. The first-order chi connectivity index (χ1) is 10.8. The third kappa shape index (κ3) is 4.32. The van der Waals surface area contributed by atoms with E-state index in [1.54, 1.807) is 19.2 Å². The van der Waals surface area contributed by atoms with Gasteiger partial charge in [0, 0.05) is 17.2 Å². The molecule has 0 spiro atoms. The van der Waals surface area contributed by atoms with Gasteiger partial charge in [0.1, 0.15) is 12.9 Å². The Morgan fingerprint density at radius 2 is 2.14 bits per heavy atom. The molecule has 2 aromatic rings. The van der Waals surface area contributed by atoms with E-state index in [0.717, 1.165) is 16.8 Å². The molecular weight excluding hydrogens is 278 g/mol. The van der Waals surface area contributed by atoms with Gasteiger partial charge in [0.25, 0.3) is 0 Å². The first-order valence-electron chi connectivity index (χ1n) is 6.94. The van der Waals surface area contributed by atoms with Crippen molar-refractivity contribution in [3.8, 4) is 29.0 Å². The molecule has 2 rings (SSSR count). The van der Waals surface area contributed by atoms with E-state index < -0.39 is 0 Å². The van der Waals surface area contributed by atoms with Gasteiger partial charge in [0.15, 0.2) is 6.61 Å². The van der Waals surface area contributed by atoms with Crippen molar-refractivity contribution in [1.29, 1.82) is 0 Å². The Hall–Kier alpha value is -2.87. The van der Waals surface area contributed by atoms with Crippen LogP contribution in [0.15, 0.2) is 41.8 Å². The fraction of sp³-hybridized carbons (Fsp3) is 0.235. The second kappa shape index (κ2) is 8.42. The number of hydrogen-bond acceptors (Lipinski definition) is 5. The lowest BCUT2D eigenvalue weighted by molar-refractivity contribution is 0.160. The summed E-state index contributed by atoms with van der Waals surface area (Å²) in [6, 6.07) is 9.57. The second-order valence-electron chi connectivity index (χ2n) is 4.20. The van der Waals surface area contributed by atoms with Gasteiger partial charge in [-0.05, 0) is 13.8 Å². The monoisotopic (exact) mass is 295 g/mol. The van der Waals surface area contributed by atoms with Crippen LogP contribution in [-0.4, -0.2) is 29.4 Å². The van der Waals surface area contributed by atoms with Crippen molar-refractivity contribution in [3.63, 3.8) is 0 Å². The van der Waals surface area contributed by atoms with Crippen LogP contribution >= 0.6 is 0 Å². The molecule has 1 heterocycles. The zero-order chi connectivity index (χ0) is 15.6. The van der Waals surface area contributed by atoms with Gasteiger partial charge in [-0.15, -0.1) is 5.92 Å². The lowest BCUT2D eigenvalue weighted by Gasteiger charge is -2.06. The van der Waals surface area contributed by atoms with Gasteiger partial charge in [-0.2, -0.15) is 0 Å². The lowest BCUT2D eigenvalue weighted by Crippen LogP contribution is -1.98. The van der Waals surface area contributed by atoms with Crippen molar-refractivity contribution in [2.45, 2.75) is 13.8 Å². The summed E-state index contributed by atoms with van der Waals surface area (Å²) in [5.74, 6) is 6.09. The standard InChI is InChI=1S/C17H17N3O2/c1-3-5-10-21-17-11-16(18-13-19-17)15-9-7-6-8-14(15)12-20-22-4-2/h6-9,11-13H,4,10H2,1-2H3. The molecule has 22 heavy (non-hydrogen) atoms. The molecule has 0 aliphatic rings. The van der Waals surface area contributed by atoms with E-state index in [-0.39, 0.29) is 0 Å². The molecule has 0 unspecified atom stereocenters. The maximum Gasteiger partial charge on any atom is 0.217 e. The van der Waals surface area contributed by atoms with Gasteiger partial charge in [0.05, 0.1) is 11.9 Å². The van der Waals surface area contributed by atoms with Crippen LogP contribution in [-0.2, 0) is 4.84 Å². The van der Waals surface area contributed by atoms with Gasteiger partial charge >= 0.3 is 0 Å². The summed E-state index contributed by atoms with van der Waals surface area (Å²) in [6.45, 7) is 4.49. The van der Waals surface area contributed by atoms with Crippen molar-refractivity contribution in [2.75, 3.05) is 13.2 Å². The van der Waals surface area contributed by atoms with E-state index in [1.165, 1.54) is 6.33 Å². The number of aromatic nitrogens is 2. The molecular formula is C17H17N3O2. The number of oxime groups is 1. The molecule has 0 aliphatic carbocycles. The van der Waals surface area contributed by atoms with Crippen LogP contribution < -0.4 is 4.74 Å². The normalized spacial score (nSPS) is 10.1. The third-order valence-corrected chi connectivity index (χ3v) is 2.74. The molecule has 0 atom stereocenters. The molecule has 5 nitrogen and oxygen atoms in total. The van der Waals surface area contributed by atoms with Crippen molar-refractivity contribution < 1.29 is 9.57 Å². The molecule has 112 valence electrons.